The zero-order valence-corrected chi connectivity index (χ0v) is 6.47. The molecular formula is C6H11NO2S. The monoisotopic (exact) mass is 161 g/mol. The third kappa shape index (κ3) is 1.01. The van der Waals surface area contributed by atoms with Crippen LogP contribution < -0.4 is 5.73 Å². The Kier molecular flexibility index (Phi) is 1.92. The first-order chi connectivity index (χ1) is 4.57. The number of hydrogen-bond acceptors (Lipinski definition) is 3. The minimum Gasteiger partial charge on any atom is -0.480 e. The van der Waals surface area contributed by atoms with Gasteiger partial charge in [0.15, 0.2) is 0 Å². The molecule has 1 aliphatic carbocycles. The van der Waals surface area contributed by atoms with Crippen LogP contribution in [-0.4, -0.2) is 21.9 Å². The lowest BCUT2D eigenvalue weighted by molar-refractivity contribution is -0.142. The van der Waals surface area contributed by atoms with Gasteiger partial charge in [0, 0.05) is 5.25 Å². The third-order valence-corrected chi connectivity index (χ3v) is 2.78. The highest BCUT2D eigenvalue weighted by Gasteiger charge is 2.44. The molecule has 0 radical (unpaired) electrons. The Morgan fingerprint density at radius 3 is 2.60 bits per heavy atom. The van der Waals surface area contributed by atoms with Gasteiger partial charge in [0.25, 0.3) is 0 Å². The minimum absolute atomic E-state index is 0.176. The molecule has 0 bridgehead atoms. The van der Waals surface area contributed by atoms with E-state index in [-0.39, 0.29) is 5.25 Å². The summed E-state index contributed by atoms with van der Waals surface area (Å²) in [6.45, 7) is 0. The highest BCUT2D eigenvalue weighted by Crippen LogP contribution is 2.31. The maximum atomic E-state index is 10.6. The molecule has 0 amide bonds. The summed E-state index contributed by atoms with van der Waals surface area (Å²) in [6, 6.07) is 0. The number of aliphatic carboxylic acids is 1. The Labute approximate surface area is 65.0 Å². The zero-order valence-electron chi connectivity index (χ0n) is 5.58. The van der Waals surface area contributed by atoms with Gasteiger partial charge in [0.2, 0.25) is 0 Å². The average molecular weight is 161 g/mol. The smallest absolute Gasteiger partial charge is 0.324 e. The summed E-state index contributed by atoms with van der Waals surface area (Å²) in [5.74, 6) is -0.926. The van der Waals surface area contributed by atoms with Gasteiger partial charge in [-0.2, -0.15) is 12.6 Å². The van der Waals surface area contributed by atoms with Gasteiger partial charge in [-0.25, -0.2) is 0 Å². The van der Waals surface area contributed by atoms with Gasteiger partial charge in [-0.05, 0) is 19.3 Å². The minimum atomic E-state index is -1.07. The lowest BCUT2D eigenvalue weighted by Gasteiger charge is -2.22. The highest BCUT2D eigenvalue weighted by atomic mass is 32.1. The van der Waals surface area contributed by atoms with Crippen LogP contribution in [0.25, 0.3) is 0 Å². The molecule has 3 N–H and O–H groups in total. The largest absolute Gasteiger partial charge is 0.480 e. The summed E-state index contributed by atoms with van der Waals surface area (Å²) in [5, 5.41) is 8.49. The van der Waals surface area contributed by atoms with Crippen LogP contribution in [0.5, 0.6) is 0 Å². The van der Waals surface area contributed by atoms with Crippen molar-refractivity contribution in [1.29, 1.82) is 0 Å². The standard InChI is InChI=1S/C6H11NO2S/c7-6(5(8)9)3-1-2-4(6)10/h4,10H,1-3,7H2,(H,8,9). The summed E-state index contributed by atoms with van der Waals surface area (Å²) in [4.78, 5) is 10.6. The fraction of sp³-hybridized carbons (Fsp3) is 0.833. The van der Waals surface area contributed by atoms with E-state index in [2.05, 4.69) is 12.6 Å². The zero-order chi connectivity index (χ0) is 7.78. The van der Waals surface area contributed by atoms with E-state index < -0.39 is 11.5 Å². The number of carboxylic acid groups (broad SMARTS) is 1. The van der Waals surface area contributed by atoms with Crippen molar-refractivity contribution >= 4 is 18.6 Å². The van der Waals surface area contributed by atoms with E-state index in [4.69, 9.17) is 10.8 Å². The number of hydrogen-bond donors (Lipinski definition) is 3. The topological polar surface area (TPSA) is 63.3 Å². The van der Waals surface area contributed by atoms with Crippen LogP contribution in [0.1, 0.15) is 19.3 Å². The molecule has 1 saturated carbocycles. The number of rotatable bonds is 1. The molecule has 4 heteroatoms. The van der Waals surface area contributed by atoms with Crippen molar-refractivity contribution in [2.75, 3.05) is 0 Å². The molecule has 1 rings (SSSR count). The molecule has 0 spiro atoms. The molecule has 0 aromatic carbocycles. The predicted molar refractivity (Wildman–Crippen MR) is 41.2 cm³/mol. The lowest BCUT2D eigenvalue weighted by Crippen LogP contribution is -2.51. The first-order valence-corrected chi connectivity index (χ1v) is 3.79. The Bertz CT molecular complexity index is 162. The molecule has 2 unspecified atom stereocenters. The summed E-state index contributed by atoms with van der Waals surface area (Å²) < 4.78 is 0. The lowest BCUT2D eigenvalue weighted by atomic mass is 9.99. The number of thiol groups is 1. The molecule has 1 fully saturated rings. The maximum Gasteiger partial charge on any atom is 0.324 e. The van der Waals surface area contributed by atoms with Gasteiger partial charge in [-0.15, -0.1) is 0 Å². The van der Waals surface area contributed by atoms with Gasteiger partial charge in [0.1, 0.15) is 5.54 Å². The molecule has 1 aliphatic rings. The summed E-state index contributed by atoms with van der Waals surface area (Å²) in [5.41, 5.74) is 4.50. The van der Waals surface area contributed by atoms with Crippen LogP contribution in [0.15, 0.2) is 0 Å². The van der Waals surface area contributed by atoms with Crippen molar-refractivity contribution < 1.29 is 9.90 Å². The van der Waals surface area contributed by atoms with Gasteiger partial charge >= 0.3 is 5.97 Å². The SMILES string of the molecule is NC1(C(=O)O)CCCC1S. The van der Waals surface area contributed by atoms with E-state index in [0.717, 1.165) is 12.8 Å². The Balaban J connectivity index is 2.75. The fourth-order valence-corrected chi connectivity index (χ4v) is 1.68. The normalized spacial score (nSPS) is 40.0. The van der Waals surface area contributed by atoms with Crippen LogP contribution >= 0.6 is 12.6 Å². The molecule has 0 aromatic rings. The van der Waals surface area contributed by atoms with Gasteiger partial charge in [-0.3, -0.25) is 4.79 Å². The molecule has 2 atom stereocenters. The maximum absolute atomic E-state index is 10.6. The predicted octanol–water partition coefficient (Wildman–Crippen LogP) is 0.251. The number of carboxylic acids is 1. The van der Waals surface area contributed by atoms with Crippen molar-refractivity contribution in [2.24, 2.45) is 5.73 Å². The third-order valence-electron chi connectivity index (χ3n) is 2.06. The Morgan fingerprint density at radius 2 is 2.40 bits per heavy atom. The number of nitrogens with two attached hydrogens (primary N) is 1. The van der Waals surface area contributed by atoms with E-state index >= 15 is 0 Å². The summed E-state index contributed by atoms with van der Waals surface area (Å²) in [7, 11) is 0. The first kappa shape index (κ1) is 7.88. The van der Waals surface area contributed by atoms with Gasteiger partial charge in [0.05, 0.1) is 0 Å². The van der Waals surface area contributed by atoms with E-state index in [1.54, 1.807) is 0 Å². The molecule has 3 nitrogen and oxygen atoms in total. The molecule has 10 heavy (non-hydrogen) atoms. The van der Waals surface area contributed by atoms with Crippen molar-refractivity contribution in [3.8, 4) is 0 Å². The van der Waals surface area contributed by atoms with Crippen LogP contribution in [-0.2, 0) is 4.79 Å². The van der Waals surface area contributed by atoms with E-state index in [1.165, 1.54) is 0 Å². The van der Waals surface area contributed by atoms with Crippen LogP contribution in [0.4, 0.5) is 0 Å². The first-order valence-electron chi connectivity index (χ1n) is 3.28. The van der Waals surface area contributed by atoms with Crippen molar-refractivity contribution in [1.82, 2.24) is 0 Å². The molecular weight excluding hydrogens is 150 g/mol. The second kappa shape index (κ2) is 2.43. The molecule has 0 aliphatic heterocycles. The molecule has 0 heterocycles. The molecule has 0 aromatic heterocycles. The summed E-state index contributed by atoms with van der Waals surface area (Å²) in [6.07, 6.45) is 2.24. The number of carbonyl (C=O) groups is 1. The summed E-state index contributed by atoms with van der Waals surface area (Å²) >= 11 is 4.11. The second-order valence-corrected chi connectivity index (χ2v) is 3.38. The van der Waals surface area contributed by atoms with E-state index in [1.807, 2.05) is 0 Å². The van der Waals surface area contributed by atoms with Crippen molar-refractivity contribution in [3.63, 3.8) is 0 Å². The molecule has 58 valence electrons. The van der Waals surface area contributed by atoms with E-state index in [9.17, 15) is 4.79 Å². The fourth-order valence-electron chi connectivity index (χ4n) is 1.26. The van der Waals surface area contributed by atoms with Crippen molar-refractivity contribution in [3.05, 3.63) is 0 Å². The van der Waals surface area contributed by atoms with Crippen LogP contribution in [0.2, 0.25) is 0 Å². The highest BCUT2D eigenvalue weighted by molar-refractivity contribution is 7.81. The van der Waals surface area contributed by atoms with Crippen molar-refractivity contribution in [2.45, 2.75) is 30.1 Å². The van der Waals surface area contributed by atoms with Gasteiger partial charge in [-0.1, -0.05) is 0 Å². The second-order valence-electron chi connectivity index (χ2n) is 2.75. The quantitative estimate of drug-likeness (QED) is 0.483. The Morgan fingerprint density at radius 1 is 1.80 bits per heavy atom. The van der Waals surface area contributed by atoms with Gasteiger partial charge < -0.3 is 10.8 Å². The average Bonchev–Trinajstić information content (AvgIpc) is 2.15. The van der Waals surface area contributed by atoms with Crippen LogP contribution in [0.3, 0.4) is 0 Å². The molecule has 0 saturated heterocycles. The van der Waals surface area contributed by atoms with Crippen LogP contribution in [0, 0.1) is 0 Å². The Hall–Kier alpha value is -0.220. The van der Waals surface area contributed by atoms with E-state index in [0.29, 0.717) is 6.42 Å².